The molecule has 0 amide bonds. The van der Waals surface area contributed by atoms with E-state index in [0.29, 0.717) is 42.5 Å². The molecule has 1 aromatic carbocycles. The molecule has 1 aromatic rings. The van der Waals surface area contributed by atoms with Crippen molar-refractivity contribution in [3.63, 3.8) is 0 Å². The van der Waals surface area contributed by atoms with Gasteiger partial charge in [-0.3, -0.25) is 0 Å². The van der Waals surface area contributed by atoms with Gasteiger partial charge in [0, 0.05) is 19.1 Å². The van der Waals surface area contributed by atoms with Gasteiger partial charge in [0.05, 0.1) is 11.5 Å². The van der Waals surface area contributed by atoms with E-state index in [1.54, 1.807) is 28.6 Å². The van der Waals surface area contributed by atoms with Crippen LogP contribution in [0, 0.1) is 11.8 Å². The molecule has 25 heavy (non-hydrogen) atoms. The Bertz CT molecular complexity index is 644. The number of sulfonamides is 1. The summed E-state index contributed by atoms with van der Waals surface area (Å²) in [5, 5.41) is 3.56. The predicted molar refractivity (Wildman–Crippen MR) is 99.3 cm³/mol. The summed E-state index contributed by atoms with van der Waals surface area (Å²) in [4.78, 5) is 0.363. The number of hydrogen-bond donors (Lipinski definition) is 1. The Kier molecular flexibility index (Phi) is 6.02. The van der Waals surface area contributed by atoms with Gasteiger partial charge < -0.3 is 10.1 Å². The lowest BCUT2D eigenvalue weighted by atomic mass is 9.89. The van der Waals surface area contributed by atoms with Gasteiger partial charge in [0.1, 0.15) is 5.75 Å². The van der Waals surface area contributed by atoms with Crippen LogP contribution in [0.4, 0.5) is 0 Å². The van der Waals surface area contributed by atoms with E-state index in [1.165, 1.54) is 12.8 Å². The summed E-state index contributed by atoms with van der Waals surface area (Å²) >= 11 is 0. The van der Waals surface area contributed by atoms with Crippen molar-refractivity contribution < 1.29 is 13.2 Å². The molecule has 0 aliphatic carbocycles. The van der Waals surface area contributed by atoms with Gasteiger partial charge in [0.25, 0.3) is 0 Å². The molecule has 0 radical (unpaired) electrons. The van der Waals surface area contributed by atoms with E-state index < -0.39 is 10.0 Å². The lowest BCUT2D eigenvalue weighted by Crippen LogP contribution is -2.43. The van der Waals surface area contributed by atoms with Gasteiger partial charge in [0.2, 0.25) is 10.0 Å². The predicted octanol–water partition coefficient (Wildman–Crippen LogP) is 2.87. The summed E-state index contributed by atoms with van der Waals surface area (Å²) in [5.41, 5.74) is 0. The zero-order chi connectivity index (χ0) is 17.9. The first-order valence-electron chi connectivity index (χ1n) is 9.43. The van der Waals surface area contributed by atoms with E-state index in [9.17, 15) is 8.42 Å². The van der Waals surface area contributed by atoms with E-state index in [2.05, 4.69) is 19.2 Å². The second-order valence-corrected chi connectivity index (χ2v) is 9.56. The average Bonchev–Trinajstić information content (AvgIpc) is 3.15. The molecule has 0 saturated carbocycles. The summed E-state index contributed by atoms with van der Waals surface area (Å²) in [7, 11) is -3.40. The van der Waals surface area contributed by atoms with E-state index in [1.807, 2.05) is 0 Å². The Hall–Kier alpha value is -1.11. The van der Waals surface area contributed by atoms with Gasteiger partial charge in [-0.15, -0.1) is 0 Å². The molecule has 0 bridgehead atoms. The monoisotopic (exact) mass is 366 g/mol. The van der Waals surface area contributed by atoms with Crippen molar-refractivity contribution in [1.29, 1.82) is 0 Å². The van der Waals surface area contributed by atoms with Crippen molar-refractivity contribution >= 4 is 10.0 Å². The molecular weight excluding hydrogens is 336 g/mol. The Morgan fingerprint density at radius 3 is 2.40 bits per heavy atom. The highest BCUT2D eigenvalue weighted by molar-refractivity contribution is 7.89. The molecule has 140 valence electrons. The smallest absolute Gasteiger partial charge is 0.243 e. The Morgan fingerprint density at radius 2 is 1.84 bits per heavy atom. The molecule has 1 N–H and O–H groups in total. The number of hydrogen-bond acceptors (Lipinski definition) is 4. The van der Waals surface area contributed by atoms with Crippen molar-refractivity contribution in [2.75, 3.05) is 26.2 Å². The molecule has 2 heterocycles. The van der Waals surface area contributed by atoms with Gasteiger partial charge in [0.15, 0.2) is 0 Å². The fraction of sp³-hybridized carbons (Fsp3) is 0.684. The first-order valence-corrected chi connectivity index (χ1v) is 10.9. The molecular formula is C19H30N2O3S. The van der Waals surface area contributed by atoms with Crippen molar-refractivity contribution in [1.82, 2.24) is 9.62 Å². The van der Waals surface area contributed by atoms with E-state index >= 15 is 0 Å². The third-order valence-corrected chi connectivity index (χ3v) is 7.12. The average molecular weight is 367 g/mol. The van der Waals surface area contributed by atoms with Crippen LogP contribution in [0.5, 0.6) is 5.75 Å². The molecule has 2 saturated heterocycles. The number of rotatable bonds is 6. The van der Waals surface area contributed by atoms with Crippen LogP contribution in [0.3, 0.4) is 0 Å². The lowest BCUT2D eigenvalue weighted by molar-refractivity contribution is 0.234. The van der Waals surface area contributed by atoms with Gasteiger partial charge in [-0.1, -0.05) is 13.8 Å². The van der Waals surface area contributed by atoms with Crippen LogP contribution in [0.15, 0.2) is 29.2 Å². The number of ether oxygens (including phenoxy) is 1. The minimum absolute atomic E-state index is 0.363. The molecule has 2 aliphatic heterocycles. The standard InChI is InChI=1S/C19H30N2O3S/c1-15(2)14-24-17-5-7-18(8-6-17)25(22,23)21-12-9-16(10-13-21)19-4-3-11-20-19/h5-8,15-16,19-20H,3-4,9-14H2,1-2H3. The zero-order valence-electron chi connectivity index (χ0n) is 15.3. The SMILES string of the molecule is CC(C)COc1ccc(S(=O)(=O)N2CCC(C3CCCN3)CC2)cc1. The molecule has 2 fully saturated rings. The second-order valence-electron chi connectivity index (χ2n) is 7.62. The summed E-state index contributed by atoms with van der Waals surface area (Å²) in [5.74, 6) is 1.78. The van der Waals surface area contributed by atoms with E-state index in [0.717, 1.165) is 25.1 Å². The summed E-state index contributed by atoms with van der Waals surface area (Å²) in [6.45, 7) is 7.16. The van der Waals surface area contributed by atoms with Gasteiger partial charge in [-0.05, 0) is 68.3 Å². The van der Waals surface area contributed by atoms with Crippen LogP contribution < -0.4 is 10.1 Å². The highest BCUT2D eigenvalue weighted by Crippen LogP contribution is 2.29. The summed E-state index contributed by atoms with van der Waals surface area (Å²) < 4.78 is 33.0. The molecule has 3 rings (SSSR count). The zero-order valence-corrected chi connectivity index (χ0v) is 16.1. The largest absolute Gasteiger partial charge is 0.493 e. The quantitative estimate of drug-likeness (QED) is 0.841. The van der Waals surface area contributed by atoms with Crippen LogP contribution in [-0.2, 0) is 10.0 Å². The third-order valence-electron chi connectivity index (χ3n) is 5.21. The number of benzene rings is 1. The van der Waals surface area contributed by atoms with E-state index in [-0.39, 0.29) is 0 Å². The first-order chi connectivity index (χ1) is 12.0. The van der Waals surface area contributed by atoms with Crippen LogP contribution in [0.1, 0.15) is 39.5 Å². The maximum absolute atomic E-state index is 12.9. The molecule has 6 heteroatoms. The van der Waals surface area contributed by atoms with Gasteiger partial charge in [-0.25, -0.2) is 8.42 Å². The third kappa shape index (κ3) is 4.54. The normalized spacial score (nSPS) is 23.2. The fourth-order valence-electron chi connectivity index (χ4n) is 3.75. The van der Waals surface area contributed by atoms with Crippen molar-refractivity contribution in [2.45, 2.75) is 50.5 Å². The highest BCUT2D eigenvalue weighted by atomic mass is 32.2. The summed E-state index contributed by atoms with van der Waals surface area (Å²) in [6.07, 6.45) is 4.38. The molecule has 2 aliphatic rings. The van der Waals surface area contributed by atoms with Crippen LogP contribution in [0.2, 0.25) is 0 Å². The van der Waals surface area contributed by atoms with Crippen molar-refractivity contribution in [3.8, 4) is 5.75 Å². The minimum atomic E-state index is -3.40. The topological polar surface area (TPSA) is 58.6 Å². The maximum atomic E-state index is 12.9. The van der Waals surface area contributed by atoms with Crippen molar-refractivity contribution in [2.24, 2.45) is 11.8 Å². The van der Waals surface area contributed by atoms with Gasteiger partial charge >= 0.3 is 0 Å². The molecule has 1 atom stereocenters. The highest BCUT2D eigenvalue weighted by Gasteiger charge is 2.33. The van der Waals surface area contributed by atoms with Gasteiger partial charge in [-0.2, -0.15) is 4.31 Å². The minimum Gasteiger partial charge on any atom is -0.493 e. The van der Waals surface area contributed by atoms with Crippen LogP contribution >= 0.6 is 0 Å². The molecule has 1 unspecified atom stereocenters. The Balaban J connectivity index is 1.59. The fourth-order valence-corrected chi connectivity index (χ4v) is 5.22. The van der Waals surface area contributed by atoms with E-state index in [4.69, 9.17) is 4.74 Å². The molecule has 5 nitrogen and oxygen atoms in total. The van der Waals surface area contributed by atoms with Crippen molar-refractivity contribution in [3.05, 3.63) is 24.3 Å². The van der Waals surface area contributed by atoms with Crippen LogP contribution in [-0.4, -0.2) is 45.0 Å². The number of nitrogens with one attached hydrogen (secondary N) is 1. The first kappa shape index (κ1) is 18.7. The second kappa shape index (κ2) is 8.06. The Morgan fingerprint density at radius 1 is 1.16 bits per heavy atom. The Labute approximate surface area is 151 Å². The summed E-state index contributed by atoms with van der Waals surface area (Å²) in [6, 6.07) is 7.42. The number of piperidine rings is 1. The molecule has 0 aromatic heterocycles. The number of nitrogens with zero attached hydrogens (tertiary/aromatic N) is 1. The van der Waals surface area contributed by atoms with Crippen LogP contribution in [0.25, 0.3) is 0 Å². The maximum Gasteiger partial charge on any atom is 0.243 e. The molecule has 0 spiro atoms. The lowest BCUT2D eigenvalue weighted by Gasteiger charge is -2.34.